The summed E-state index contributed by atoms with van der Waals surface area (Å²) in [5, 5.41) is 8.07. The average Bonchev–Trinajstić information content (AvgIpc) is 3.46. The number of anilines is 1. The summed E-state index contributed by atoms with van der Waals surface area (Å²) in [6.07, 6.45) is 2.08. The van der Waals surface area contributed by atoms with Crippen LogP contribution >= 0.6 is 11.3 Å². The molecule has 29 heavy (non-hydrogen) atoms. The van der Waals surface area contributed by atoms with E-state index in [1.807, 2.05) is 25.3 Å². The van der Waals surface area contributed by atoms with Gasteiger partial charge in [-0.3, -0.25) is 9.59 Å². The molecule has 3 rings (SSSR count). The second-order valence-corrected chi connectivity index (χ2v) is 8.32. The molecule has 1 saturated carbocycles. The molecule has 6 nitrogen and oxygen atoms in total. The standard InChI is InChI=1S/C22H26N2O4S/c1-4-28-22(27)17-16(14-10-11-14)12-29-21(17)24-20(26)18(13(2)3)23-19(25)15-8-6-5-7-9-15/h5-9,12-14,18H,4,10-11H2,1-3H3,(H,23,25)(H,24,26)/t18-/m0/s1. The van der Waals surface area contributed by atoms with Gasteiger partial charge in [0.25, 0.3) is 5.91 Å². The lowest BCUT2D eigenvalue weighted by Gasteiger charge is -2.21. The van der Waals surface area contributed by atoms with Gasteiger partial charge in [0.2, 0.25) is 5.91 Å². The molecule has 0 bridgehead atoms. The number of thiophene rings is 1. The summed E-state index contributed by atoms with van der Waals surface area (Å²) in [7, 11) is 0. The van der Waals surface area contributed by atoms with Crippen molar-refractivity contribution in [2.45, 2.75) is 45.6 Å². The van der Waals surface area contributed by atoms with Gasteiger partial charge in [-0.25, -0.2) is 4.79 Å². The van der Waals surface area contributed by atoms with Crippen LogP contribution in [0.25, 0.3) is 0 Å². The lowest BCUT2D eigenvalue weighted by Crippen LogP contribution is -2.47. The van der Waals surface area contributed by atoms with Crippen LogP contribution < -0.4 is 10.6 Å². The number of carbonyl (C=O) groups is 3. The number of amides is 2. The highest BCUT2D eigenvalue weighted by molar-refractivity contribution is 7.15. The highest BCUT2D eigenvalue weighted by atomic mass is 32.1. The van der Waals surface area contributed by atoms with Crippen LogP contribution in [-0.4, -0.2) is 30.4 Å². The second kappa shape index (κ2) is 9.22. The molecule has 0 radical (unpaired) electrons. The Balaban J connectivity index is 1.78. The predicted molar refractivity (Wildman–Crippen MR) is 113 cm³/mol. The Hall–Kier alpha value is -2.67. The summed E-state index contributed by atoms with van der Waals surface area (Å²) >= 11 is 1.33. The number of ether oxygens (including phenoxy) is 1. The molecule has 0 spiro atoms. The largest absolute Gasteiger partial charge is 0.462 e. The molecule has 7 heteroatoms. The molecule has 1 fully saturated rings. The molecule has 1 aliphatic rings. The summed E-state index contributed by atoms with van der Waals surface area (Å²) in [6, 6.07) is 8.04. The smallest absolute Gasteiger partial charge is 0.341 e. The molecule has 1 aromatic carbocycles. The summed E-state index contributed by atoms with van der Waals surface area (Å²) in [5.41, 5.74) is 1.88. The summed E-state index contributed by atoms with van der Waals surface area (Å²) in [5.74, 6) is -0.846. The third-order valence-electron chi connectivity index (χ3n) is 4.82. The van der Waals surface area contributed by atoms with E-state index in [9.17, 15) is 14.4 Å². The molecule has 1 heterocycles. The van der Waals surface area contributed by atoms with Gasteiger partial charge in [-0.15, -0.1) is 11.3 Å². The van der Waals surface area contributed by atoms with E-state index in [0.717, 1.165) is 18.4 Å². The van der Waals surface area contributed by atoms with E-state index in [1.165, 1.54) is 11.3 Å². The zero-order valence-electron chi connectivity index (χ0n) is 16.9. The lowest BCUT2D eigenvalue weighted by atomic mass is 10.0. The van der Waals surface area contributed by atoms with Crippen LogP contribution in [0.5, 0.6) is 0 Å². The zero-order chi connectivity index (χ0) is 21.0. The number of nitrogens with one attached hydrogen (secondary N) is 2. The van der Waals surface area contributed by atoms with Crippen LogP contribution in [-0.2, 0) is 9.53 Å². The fourth-order valence-electron chi connectivity index (χ4n) is 3.11. The number of hydrogen-bond donors (Lipinski definition) is 2. The highest BCUT2D eigenvalue weighted by Gasteiger charge is 2.33. The number of benzene rings is 1. The quantitative estimate of drug-likeness (QED) is 0.634. The molecule has 2 aromatic rings. The van der Waals surface area contributed by atoms with Crippen LogP contribution in [0.15, 0.2) is 35.7 Å². The minimum absolute atomic E-state index is 0.128. The van der Waals surface area contributed by atoms with Gasteiger partial charge in [-0.05, 0) is 54.7 Å². The minimum atomic E-state index is -0.732. The summed E-state index contributed by atoms with van der Waals surface area (Å²) in [4.78, 5) is 38.0. The molecule has 1 aliphatic carbocycles. The van der Waals surface area contributed by atoms with E-state index in [4.69, 9.17) is 4.74 Å². The minimum Gasteiger partial charge on any atom is -0.462 e. The van der Waals surface area contributed by atoms with Crippen molar-refractivity contribution >= 4 is 34.1 Å². The van der Waals surface area contributed by atoms with Crippen LogP contribution in [0.1, 0.15) is 65.8 Å². The van der Waals surface area contributed by atoms with E-state index in [1.54, 1.807) is 31.2 Å². The van der Waals surface area contributed by atoms with Gasteiger partial charge in [0.1, 0.15) is 11.0 Å². The van der Waals surface area contributed by atoms with E-state index in [2.05, 4.69) is 10.6 Å². The van der Waals surface area contributed by atoms with Crippen LogP contribution in [0.3, 0.4) is 0 Å². The third-order valence-corrected chi connectivity index (χ3v) is 5.74. The van der Waals surface area contributed by atoms with E-state index in [0.29, 0.717) is 22.0 Å². The maximum absolute atomic E-state index is 13.0. The monoisotopic (exact) mass is 414 g/mol. The second-order valence-electron chi connectivity index (χ2n) is 7.44. The van der Waals surface area contributed by atoms with Crippen LogP contribution in [0, 0.1) is 5.92 Å². The first kappa shape index (κ1) is 21.0. The van der Waals surface area contributed by atoms with Crippen molar-refractivity contribution in [1.82, 2.24) is 5.32 Å². The van der Waals surface area contributed by atoms with Gasteiger partial charge in [-0.2, -0.15) is 0 Å². The Labute approximate surface area is 174 Å². The van der Waals surface area contributed by atoms with Crippen molar-refractivity contribution in [3.05, 3.63) is 52.4 Å². The first-order chi connectivity index (χ1) is 13.9. The summed E-state index contributed by atoms with van der Waals surface area (Å²) < 4.78 is 5.20. The van der Waals surface area contributed by atoms with Gasteiger partial charge in [0, 0.05) is 5.56 Å². The van der Waals surface area contributed by atoms with Gasteiger partial charge in [0.15, 0.2) is 0 Å². The van der Waals surface area contributed by atoms with Crippen molar-refractivity contribution in [2.75, 3.05) is 11.9 Å². The molecule has 1 aromatic heterocycles. The maximum Gasteiger partial charge on any atom is 0.341 e. The molecule has 0 unspecified atom stereocenters. The maximum atomic E-state index is 13.0. The van der Waals surface area contributed by atoms with E-state index in [-0.39, 0.29) is 24.3 Å². The Bertz CT molecular complexity index is 887. The average molecular weight is 415 g/mol. The van der Waals surface area contributed by atoms with Gasteiger partial charge in [-0.1, -0.05) is 32.0 Å². The molecule has 0 saturated heterocycles. The molecule has 0 aliphatic heterocycles. The predicted octanol–water partition coefficient (Wildman–Crippen LogP) is 4.20. The Morgan fingerprint density at radius 2 is 1.86 bits per heavy atom. The Kier molecular flexibility index (Phi) is 6.69. The molecule has 2 amide bonds. The third kappa shape index (κ3) is 5.03. The topological polar surface area (TPSA) is 84.5 Å². The molecule has 2 N–H and O–H groups in total. The fourth-order valence-corrected chi connectivity index (χ4v) is 4.14. The Morgan fingerprint density at radius 1 is 1.17 bits per heavy atom. The zero-order valence-corrected chi connectivity index (χ0v) is 17.7. The van der Waals surface area contributed by atoms with Crippen molar-refractivity contribution in [3.63, 3.8) is 0 Å². The van der Waals surface area contributed by atoms with Crippen LogP contribution in [0.2, 0.25) is 0 Å². The number of hydrogen-bond acceptors (Lipinski definition) is 5. The molecule has 1 atom stereocenters. The SMILES string of the molecule is CCOC(=O)c1c(C2CC2)csc1NC(=O)[C@@H](NC(=O)c1ccccc1)C(C)C. The first-order valence-corrected chi connectivity index (χ1v) is 10.8. The number of esters is 1. The van der Waals surface area contributed by atoms with Crippen molar-refractivity contribution < 1.29 is 19.1 Å². The van der Waals surface area contributed by atoms with Crippen molar-refractivity contribution in [3.8, 4) is 0 Å². The first-order valence-electron chi connectivity index (χ1n) is 9.87. The van der Waals surface area contributed by atoms with Gasteiger partial charge >= 0.3 is 5.97 Å². The molecular weight excluding hydrogens is 388 g/mol. The highest BCUT2D eigenvalue weighted by Crippen LogP contribution is 2.46. The number of carbonyl (C=O) groups excluding carboxylic acids is 3. The Morgan fingerprint density at radius 3 is 2.45 bits per heavy atom. The summed E-state index contributed by atoms with van der Waals surface area (Å²) in [6.45, 7) is 5.76. The van der Waals surface area contributed by atoms with Crippen molar-refractivity contribution in [1.29, 1.82) is 0 Å². The van der Waals surface area contributed by atoms with E-state index < -0.39 is 12.0 Å². The molecular formula is C22H26N2O4S. The van der Waals surface area contributed by atoms with Crippen LogP contribution in [0.4, 0.5) is 5.00 Å². The van der Waals surface area contributed by atoms with E-state index >= 15 is 0 Å². The number of rotatable bonds is 8. The van der Waals surface area contributed by atoms with Gasteiger partial charge in [0.05, 0.1) is 12.2 Å². The normalized spacial score (nSPS) is 14.3. The van der Waals surface area contributed by atoms with Gasteiger partial charge < -0.3 is 15.4 Å². The van der Waals surface area contributed by atoms with Crippen molar-refractivity contribution in [2.24, 2.45) is 5.92 Å². The lowest BCUT2D eigenvalue weighted by molar-refractivity contribution is -0.118. The fraction of sp³-hybridized carbons (Fsp3) is 0.409. The molecule has 154 valence electrons.